The van der Waals surface area contributed by atoms with Crippen LogP contribution >= 0.6 is 15.9 Å². The lowest BCUT2D eigenvalue weighted by molar-refractivity contribution is -0.149. The van der Waals surface area contributed by atoms with Crippen LogP contribution in [-0.2, 0) is 16.0 Å². The quantitative estimate of drug-likeness (QED) is 0.884. The fourth-order valence-corrected chi connectivity index (χ4v) is 3.20. The summed E-state index contributed by atoms with van der Waals surface area (Å²) in [6, 6.07) is 7.64. The van der Waals surface area contributed by atoms with Crippen molar-refractivity contribution in [2.75, 3.05) is 13.1 Å². The normalized spacial score (nSPS) is 21.5. The van der Waals surface area contributed by atoms with E-state index < -0.39 is 11.4 Å². The highest BCUT2D eigenvalue weighted by Gasteiger charge is 2.45. The number of benzene rings is 1. The number of aliphatic carboxylic acids is 1. The molecule has 2 rings (SSSR count). The van der Waals surface area contributed by atoms with Gasteiger partial charge in [0.25, 0.3) is 0 Å². The molecule has 21 heavy (non-hydrogen) atoms. The molecule has 0 bridgehead atoms. The Morgan fingerprint density at radius 3 is 2.57 bits per heavy atom. The van der Waals surface area contributed by atoms with Crippen molar-refractivity contribution in [1.82, 2.24) is 4.90 Å². The van der Waals surface area contributed by atoms with Crippen LogP contribution in [0.25, 0.3) is 0 Å². The predicted molar refractivity (Wildman–Crippen MR) is 84.0 cm³/mol. The van der Waals surface area contributed by atoms with Crippen LogP contribution in [0.1, 0.15) is 31.7 Å². The van der Waals surface area contributed by atoms with Crippen molar-refractivity contribution in [3.05, 3.63) is 34.3 Å². The zero-order valence-corrected chi connectivity index (χ0v) is 13.7. The summed E-state index contributed by atoms with van der Waals surface area (Å²) in [4.78, 5) is 25.6. The summed E-state index contributed by atoms with van der Waals surface area (Å²) in [5, 5.41) is 9.47. The van der Waals surface area contributed by atoms with E-state index in [1.54, 1.807) is 4.90 Å². The highest BCUT2D eigenvalue weighted by Crippen LogP contribution is 2.35. The van der Waals surface area contributed by atoms with Gasteiger partial charge in [0, 0.05) is 17.6 Å². The zero-order chi connectivity index (χ0) is 15.5. The first kappa shape index (κ1) is 16.0. The van der Waals surface area contributed by atoms with E-state index in [2.05, 4.69) is 15.9 Å². The third-order valence-corrected chi connectivity index (χ3v) is 4.69. The molecule has 1 atom stereocenters. The molecule has 0 aromatic heterocycles. The Hall–Kier alpha value is -1.36. The molecule has 4 nitrogen and oxygen atoms in total. The van der Waals surface area contributed by atoms with E-state index in [1.807, 2.05) is 31.2 Å². The summed E-state index contributed by atoms with van der Waals surface area (Å²) >= 11 is 3.37. The Morgan fingerprint density at radius 1 is 1.33 bits per heavy atom. The Morgan fingerprint density at radius 2 is 2.00 bits per heavy atom. The Kier molecular flexibility index (Phi) is 5.04. The molecule has 5 heteroatoms. The predicted octanol–water partition coefficient (Wildman–Crippen LogP) is 3.10. The van der Waals surface area contributed by atoms with Crippen molar-refractivity contribution in [2.45, 2.75) is 32.6 Å². The molecule has 0 saturated carbocycles. The molecule has 1 heterocycles. The van der Waals surface area contributed by atoms with Crippen LogP contribution in [-0.4, -0.2) is 35.0 Å². The van der Waals surface area contributed by atoms with Gasteiger partial charge in [-0.15, -0.1) is 0 Å². The molecule has 1 N–H and O–H groups in total. The van der Waals surface area contributed by atoms with Crippen molar-refractivity contribution < 1.29 is 14.7 Å². The van der Waals surface area contributed by atoms with E-state index in [9.17, 15) is 14.7 Å². The molecule has 1 aliphatic rings. The highest BCUT2D eigenvalue weighted by atomic mass is 79.9. The number of hydrogen-bond acceptors (Lipinski definition) is 2. The fraction of sp³-hybridized carbons (Fsp3) is 0.500. The van der Waals surface area contributed by atoms with Crippen molar-refractivity contribution >= 4 is 27.8 Å². The van der Waals surface area contributed by atoms with Crippen LogP contribution in [0.4, 0.5) is 0 Å². The van der Waals surface area contributed by atoms with E-state index in [1.165, 1.54) is 0 Å². The largest absolute Gasteiger partial charge is 0.481 e. The van der Waals surface area contributed by atoms with Gasteiger partial charge in [-0.3, -0.25) is 9.59 Å². The molecular weight excluding hydrogens is 334 g/mol. The highest BCUT2D eigenvalue weighted by molar-refractivity contribution is 9.10. The minimum atomic E-state index is -0.775. The zero-order valence-electron chi connectivity index (χ0n) is 12.1. The van der Waals surface area contributed by atoms with Gasteiger partial charge in [-0.2, -0.15) is 0 Å². The molecule has 0 aliphatic carbocycles. The van der Waals surface area contributed by atoms with E-state index >= 15 is 0 Å². The van der Waals surface area contributed by atoms with Crippen LogP contribution < -0.4 is 0 Å². The van der Waals surface area contributed by atoms with E-state index in [-0.39, 0.29) is 5.91 Å². The number of rotatable bonds is 5. The van der Waals surface area contributed by atoms with Crippen molar-refractivity contribution in [3.8, 4) is 0 Å². The first-order valence-electron chi connectivity index (χ1n) is 7.22. The number of likely N-dealkylation sites (tertiary alicyclic amines) is 1. The summed E-state index contributed by atoms with van der Waals surface area (Å²) in [6.07, 6.45) is 2.34. The van der Waals surface area contributed by atoms with E-state index in [0.717, 1.165) is 16.5 Å². The molecule has 114 valence electrons. The number of halogens is 1. The maximum Gasteiger partial charge on any atom is 0.311 e. The smallest absolute Gasteiger partial charge is 0.311 e. The second-order valence-corrected chi connectivity index (χ2v) is 6.62. The average Bonchev–Trinajstić information content (AvgIpc) is 2.88. The second-order valence-electron chi connectivity index (χ2n) is 5.70. The topological polar surface area (TPSA) is 57.6 Å². The summed E-state index contributed by atoms with van der Waals surface area (Å²) < 4.78 is 0.979. The third-order valence-electron chi connectivity index (χ3n) is 4.16. The Balaban J connectivity index is 2.01. The first-order chi connectivity index (χ1) is 9.97. The summed E-state index contributed by atoms with van der Waals surface area (Å²) in [7, 11) is 0. The molecule has 1 saturated heterocycles. The van der Waals surface area contributed by atoms with Crippen LogP contribution in [0.2, 0.25) is 0 Å². The van der Waals surface area contributed by atoms with Crippen LogP contribution in [0.15, 0.2) is 28.7 Å². The maximum absolute atomic E-state index is 12.3. The van der Waals surface area contributed by atoms with Gasteiger partial charge >= 0.3 is 5.97 Å². The summed E-state index contributed by atoms with van der Waals surface area (Å²) in [5.74, 6) is -0.764. The van der Waals surface area contributed by atoms with Crippen molar-refractivity contribution in [3.63, 3.8) is 0 Å². The third kappa shape index (κ3) is 3.64. The molecule has 0 radical (unpaired) electrons. The van der Waals surface area contributed by atoms with Gasteiger partial charge < -0.3 is 10.0 Å². The van der Waals surface area contributed by atoms with Crippen LogP contribution in [0, 0.1) is 5.41 Å². The molecule has 1 amide bonds. The van der Waals surface area contributed by atoms with Gasteiger partial charge in [-0.25, -0.2) is 0 Å². The number of amides is 1. The Labute approximate surface area is 133 Å². The molecule has 0 spiro atoms. The van der Waals surface area contributed by atoms with E-state index in [4.69, 9.17) is 0 Å². The lowest BCUT2D eigenvalue weighted by Gasteiger charge is -2.24. The summed E-state index contributed by atoms with van der Waals surface area (Å²) in [5.41, 5.74) is 0.205. The second kappa shape index (κ2) is 6.60. The Bertz CT molecular complexity index is 529. The minimum absolute atomic E-state index is 0.0107. The van der Waals surface area contributed by atoms with Gasteiger partial charge in [0.05, 0.1) is 11.8 Å². The SMILES string of the molecule is CCCC1(C(=O)O)CCN(C(=O)Cc2ccc(Br)cc2)C1. The number of carbonyl (C=O) groups is 2. The lowest BCUT2D eigenvalue weighted by Crippen LogP contribution is -2.37. The monoisotopic (exact) mass is 353 g/mol. The van der Waals surface area contributed by atoms with Gasteiger partial charge in [0.2, 0.25) is 5.91 Å². The average molecular weight is 354 g/mol. The summed E-state index contributed by atoms with van der Waals surface area (Å²) in [6.45, 7) is 2.87. The molecule has 1 fully saturated rings. The number of carboxylic acid groups (broad SMARTS) is 1. The molecule has 1 aromatic carbocycles. The number of hydrogen-bond donors (Lipinski definition) is 1. The van der Waals surface area contributed by atoms with Crippen molar-refractivity contribution in [2.24, 2.45) is 5.41 Å². The molecule has 1 aromatic rings. The van der Waals surface area contributed by atoms with Crippen LogP contribution in [0.3, 0.4) is 0 Å². The minimum Gasteiger partial charge on any atom is -0.481 e. The maximum atomic E-state index is 12.3. The van der Waals surface area contributed by atoms with Gasteiger partial charge in [-0.05, 0) is 30.5 Å². The van der Waals surface area contributed by atoms with Gasteiger partial charge in [0.1, 0.15) is 0 Å². The number of carboxylic acids is 1. The molecule has 1 unspecified atom stereocenters. The first-order valence-corrected chi connectivity index (χ1v) is 8.02. The van der Waals surface area contributed by atoms with Crippen molar-refractivity contribution in [1.29, 1.82) is 0 Å². The van der Waals surface area contributed by atoms with Gasteiger partial charge in [-0.1, -0.05) is 41.4 Å². The lowest BCUT2D eigenvalue weighted by atomic mass is 9.83. The molecular formula is C16H20BrNO3. The molecule has 1 aliphatic heterocycles. The standard InChI is InChI=1S/C16H20BrNO3/c1-2-7-16(15(20)21)8-9-18(11-16)14(19)10-12-3-5-13(17)6-4-12/h3-6H,2,7-11H2,1H3,(H,20,21). The van der Waals surface area contributed by atoms with Gasteiger partial charge in [0.15, 0.2) is 0 Å². The number of nitrogens with zero attached hydrogens (tertiary/aromatic N) is 1. The number of carbonyl (C=O) groups excluding carboxylic acids is 1. The van der Waals surface area contributed by atoms with Crippen LogP contribution in [0.5, 0.6) is 0 Å². The fourth-order valence-electron chi connectivity index (χ4n) is 2.94. The van der Waals surface area contributed by atoms with E-state index in [0.29, 0.717) is 32.4 Å².